The summed E-state index contributed by atoms with van der Waals surface area (Å²) < 4.78 is 0. The zero-order chi connectivity index (χ0) is 10.7. The molecule has 0 saturated carbocycles. The largest absolute Gasteiger partial charge is 0.334 e. The molecule has 1 saturated heterocycles. The summed E-state index contributed by atoms with van der Waals surface area (Å²) in [5.74, 6) is 0.277. The van der Waals surface area contributed by atoms with E-state index < -0.39 is 0 Å². The summed E-state index contributed by atoms with van der Waals surface area (Å²) in [6.07, 6.45) is 1.99. The molecule has 0 aliphatic carbocycles. The smallest absolute Gasteiger partial charge is 0.235 e. The highest BCUT2D eigenvalue weighted by Crippen LogP contribution is 2.16. The van der Waals surface area contributed by atoms with E-state index in [0.717, 1.165) is 13.1 Å². The third kappa shape index (κ3) is 3.54. The predicted molar refractivity (Wildman–Crippen MR) is 68.9 cm³/mol. The number of hydrogen-bond acceptors (Lipinski definition) is 3. The predicted octanol–water partition coefficient (Wildman–Crippen LogP) is 1.37. The second kappa shape index (κ2) is 6.61. The van der Waals surface area contributed by atoms with Crippen LogP contribution in [0.25, 0.3) is 0 Å². The van der Waals surface area contributed by atoms with Crippen molar-refractivity contribution in [3.63, 3.8) is 0 Å². The van der Waals surface area contributed by atoms with E-state index in [1.165, 1.54) is 0 Å². The lowest BCUT2D eigenvalue weighted by atomic mass is 10.1. The Kier molecular flexibility index (Phi) is 6.64. The fourth-order valence-electron chi connectivity index (χ4n) is 1.88. The Balaban J connectivity index is 0.00000196. The summed E-state index contributed by atoms with van der Waals surface area (Å²) in [6.45, 7) is 8.02. The molecular weight excluding hydrogens is 232 g/mol. The van der Waals surface area contributed by atoms with Crippen LogP contribution in [0, 0.1) is 0 Å². The van der Waals surface area contributed by atoms with Gasteiger partial charge in [-0.1, -0.05) is 0 Å². The molecule has 0 aromatic carbocycles. The molecule has 0 spiro atoms. The number of piperazine rings is 1. The summed E-state index contributed by atoms with van der Waals surface area (Å²) in [5, 5.41) is 3.41. The molecular formula is C10H21ClN2OS. The molecule has 1 fully saturated rings. The molecule has 1 heterocycles. The maximum absolute atomic E-state index is 12.0. The number of amides is 1. The minimum absolute atomic E-state index is 0. The van der Waals surface area contributed by atoms with Gasteiger partial charge in [0.25, 0.3) is 0 Å². The lowest BCUT2D eigenvalue weighted by molar-refractivity contribution is -0.135. The number of carbonyl (C=O) groups is 1. The Bertz CT molecular complexity index is 206. The lowest BCUT2D eigenvalue weighted by Gasteiger charge is -2.40. The lowest BCUT2D eigenvalue weighted by Crippen LogP contribution is -2.58. The third-order valence-electron chi connectivity index (χ3n) is 2.79. The molecule has 1 aliphatic rings. The van der Waals surface area contributed by atoms with Gasteiger partial charge in [0.15, 0.2) is 0 Å². The minimum Gasteiger partial charge on any atom is -0.334 e. The second-order valence-corrected chi connectivity index (χ2v) is 5.16. The summed E-state index contributed by atoms with van der Waals surface area (Å²) >= 11 is 1.62. The van der Waals surface area contributed by atoms with Crippen LogP contribution < -0.4 is 5.32 Å². The number of hydrogen-bond donors (Lipinski definition) is 1. The molecule has 1 amide bonds. The van der Waals surface area contributed by atoms with Crippen LogP contribution in [-0.4, -0.2) is 47.5 Å². The normalized spacial score (nSPS) is 28.1. The van der Waals surface area contributed by atoms with E-state index in [1.807, 2.05) is 18.1 Å². The van der Waals surface area contributed by atoms with Gasteiger partial charge < -0.3 is 10.2 Å². The van der Waals surface area contributed by atoms with Crippen LogP contribution in [0.1, 0.15) is 20.8 Å². The molecule has 3 nitrogen and oxygen atoms in total. The van der Waals surface area contributed by atoms with Crippen molar-refractivity contribution in [2.24, 2.45) is 0 Å². The number of halogens is 1. The van der Waals surface area contributed by atoms with Crippen molar-refractivity contribution in [2.75, 3.05) is 19.3 Å². The number of nitrogens with zero attached hydrogens (tertiary/aromatic N) is 1. The van der Waals surface area contributed by atoms with Crippen LogP contribution in [0.4, 0.5) is 0 Å². The molecule has 5 heteroatoms. The number of thioether (sulfide) groups is 1. The zero-order valence-corrected chi connectivity index (χ0v) is 11.5. The Morgan fingerprint density at radius 3 is 2.27 bits per heavy atom. The van der Waals surface area contributed by atoms with Gasteiger partial charge in [0, 0.05) is 25.2 Å². The molecule has 90 valence electrons. The third-order valence-corrected chi connectivity index (χ3v) is 3.69. The van der Waals surface area contributed by atoms with E-state index in [4.69, 9.17) is 0 Å². The van der Waals surface area contributed by atoms with Crippen molar-refractivity contribution in [1.82, 2.24) is 10.2 Å². The van der Waals surface area contributed by atoms with Crippen molar-refractivity contribution >= 4 is 30.1 Å². The van der Waals surface area contributed by atoms with Gasteiger partial charge in [0.05, 0.1) is 5.25 Å². The molecule has 1 N–H and O–H groups in total. The highest BCUT2D eigenvalue weighted by Gasteiger charge is 2.30. The quantitative estimate of drug-likeness (QED) is 0.806. The van der Waals surface area contributed by atoms with Crippen LogP contribution in [0.15, 0.2) is 0 Å². The van der Waals surface area contributed by atoms with E-state index in [2.05, 4.69) is 19.2 Å². The van der Waals surface area contributed by atoms with Gasteiger partial charge in [-0.2, -0.15) is 11.8 Å². The topological polar surface area (TPSA) is 32.3 Å². The van der Waals surface area contributed by atoms with Crippen molar-refractivity contribution in [3.05, 3.63) is 0 Å². The fraction of sp³-hybridized carbons (Fsp3) is 0.900. The monoisotopic (exact) mass is 252 g/mol. The highest BCUT2D eigenvalue weighted by molar-refractivity contribution is 7.99. The van der Waals surface area contributed by atoms with Gasteiger partial charge in [-0.25, -0.2) is 0 Å². The summed E-state index contributed by atoms with van der Waals surface area (Å²) in [4.78, 5) is 14.1. The van der Waals surface area contributed by atoms with Crippen LogP contribution in [0.5, 0.6) is 0 Å². The maximum Gasteiger partial charge on any atom is 0.235 e. The molecule has 1 aliphatic heterocycles. The van der Waals surface area contributed by atoms with Gasteiger partial charge in [-0.05, 0) is 27.0 Å². The summed E-state index contributed by atoms with van der Waals surface area (Å²) in [7, 11) is 0. The van der Waals surface area contributed by atoms with E-state index in [0.29, 0.717) is 12.1 Å². The first kappa shape index (κ1) is 15.1. The fourth-order valence-corrected chi connectivity index (χ4v) is 2.20. The molecule has 0 aromatic rings. The first-order valence-electron chi connectivity index (χ1n) is 5.13. The summed E-state index contributed by atoms with van der Waals surface area (Å²) in [6, 6.07) is 0.640. The van der Waals surface area contributed by atoms with Crippen LogP contribution in [0.2, 0.25) is 0 Å². The Hall–Kier alpha value is 0.0700. The minimum atomic E-state index is 0. The molecule has 15 heavy (non-hydrogen) atoms. The number of carbonyl (C=O) groups excluding carboxylic acids is 1. The molecule has 0 radical (unpaired) electrons. The second-order valence-electron chi connectivity index (χ2n) is 3.98. The Morgan fingerprint density at radius 1 is 1.40 bits per heavy atom. The van der Waals surface area contributed by atoms with E-state index in [9.17, 15) is 4.79 Å². The Labute approximate surface area is 103 Å². The van der Waals surface area contributed by atoms with E-state index in [-0.39, 0.29) is 23.6 Å². The average molecular weight is 253 g/mol. The number of nitrogens with one attached hydrogen (secondary N) is 1. The van der Waals surface area contributed by atoms with E-state index in [1.54, 1.807) is 11.8 Å². The van der Waals surface area contributed by atoms with Gasteiger partial charge in [0.2, 0.25) is 5.91 Å². The first-order valence-corrected chi connectivity index (χ1v) is 6.42. The first-order chi connectivity index (χ1) is 6.57. The van der Waals surface area contributed by atoms with Crippen LogP contribution >= 0.6 is 24.2 Å². The molecule has 0 bridgehead atoms. The summed E-state index contributed by atoms with van der Waals surface area (Å²) in [5.41, 5.74) is 0. The van der Waals surface area contributed by atoms with Crippen molar-refractivity contribution in [3.8, 4) is 0 Å². The van der Waals surface area contributed by atoms with Gasteiger partial charge in [0.1, 0.15) is 0 Å². The Morgan fingerprint density at radius 2 is 1.87 bits per heavy atom. The van der Waals surface area contributed by atoms with Crippen molar-refractivity contribution in [2.45, 2.75) is 38.1 Å². The van der Waals surface area contributed by atoms with Gasteiger partial charge >= 0.3 is 0 Å². The van der Waals surface area contributed by atoms with Gasteiger partial charge in [-0.3, -0.25) is 4.79 Å². The van der Waals surface area contributed by atoms with Crippen LogP contribution in [0.3, 0.4) is 0 Å². The number of rotatable bonds is 2. The van der Waals surface area contributed by atoms with Crippen molar-refractivity contribution < 1.29 is 4.79 Å². The zero-order valence-electron chi connectivity index (χ0n) is 9.82. The molecule has 3 atom stereocenters. The average Bonchev–Trinajstić information content (AvgIpc) is 2.16. The van der Waals surface area contributed by atoms with Crippen molar-refractivity contribution in [1.29, 1.82) is 0 Å². The standard InChI is InChI=1S/C10H20N2OS.ClH/c1-7-5-11-6-8(2)12(7)10(13)9(3)14-4;/h7-9,11H,5-6H2,1-4H3;1H/t7-,8+,9?;. The van der Waals surface area contributed by atoms with Gasteiger partial charge in [-0.15, -0.1) is 12.4 Å². The maximum atomic E-state index is 12.0. The molecule has 0 aromatic heterocycles. The molecule has 1 rings (SSSR count). The van der Waals surface area contributed by atoms with E-state index >= 15 is 0 Å². The molecule has 1 unspecified atom stereocenters. The van der Waals surface area contributed by atoms with Crippen LogP contribution in [-0.2, 0) is 4.79 Å². The SMILES string of the molecule is CSC(C)C(=O)N1[C@H](C)CNC[C@@H]1C.Cl. The highest BCUT2D eigenvalue weighted by atomic mass is 35.5.